The lowest BCUT2D eigenvalue weighted by molar-refractivity contribution is -0.121. The molecule has 1 aliphatic heterocycles. The van der Waals surface area contributed by atoms with Crippen LogP contribution in [0.15, 0.2) is 56.8 Å². The quantitative estimate of drug-likeness (QED) is 0.640. The lowest BCUT2D eigenvalue weighted by Gasteiger charge is -2.08. The van der Waals surface area contributed by atoms with Crippen molar-refractivity contribution in [3.05, 3.63) is 68.5 Å². The van der Waals surface area contributed by atoms with Gasteiger partial charge in [-0.1, -0.05) is 34.1 Å². The monoisotopic (exact) mass is 400 g/mol. The van der Waals surface area contributed by atoms with E-state index in [1.165, 1.54) is 22.9 Å². The average Bonchev–Trinajstić information content (AvgIpc) is 2.81. The van der Waals surface area contributed by atoms with Crippen molar-refractivity contribution in [2.45, 2.75) is 13.8 Å². The van der Waals surface area contributed by atoms with E-state index in [4.69, 9.17) is 0 Å². The molecule has 3 rings (SSSR count). The van der Waals surface area contributed by atoms with Crippen LogP contribution in [0.25, 0.3) is 6.08 Å². The zero-order valence-corrected chi connectivity index (χ0v) is 16.1. The summed E-state index contributed by atoms with van der Waals surface area (Å²) in [5.41, 5.74) is 4.29. The summed E-state index contributed by atoms with van der Waals surface area (Å²) in [6, 6.07) is 13.9. The predicted molar refractivity (Wildman–Crippen MR) is 105 cm³/mol. The molecule has 2 aromatic rings. The normalized spacial score (nSPS) is 18.0. The van der Waals surface area contributed by atoms with E-state index in [-0.39, 0.29) is 5.91 Å². The van der Waals surface area contributed by atoms with Gasteiger partial charge in [-0.15, -0.1) is 0 Å². The molecule has 1 aliphatic rings. The molecular weight excluding hydrogens is 384 g/mol. The number of halogens is 1. The SMILES string of the molecule is Cc1ccc(N=C2S/C(=C\c3ccc(Br)cc3)C(=O)N2C)cc1C. The van der Waals surface area contributed by atoms with Gasteiger partial charge in [-0.05, 0) is 72.6 Å². The van der Waals surface area contributed by atoms with Crippen molar-refractivity contribution in [3.63, 3.8) is 0 Å². The molecule has 1 amide bonds. The number of benzene rings is 2. The molecule has 1 heterocycles. The number of amidine groups is 1. The lowest BCUT2D eigenvalue weighted by Crippen LogP contribution is -2.23. The highest BCUT2D eigenvalue weighted by Gasteiger charge is 2.30. The van der Waals surface area contributed by atoms with Crippen molar-refractivity contribution < 1.29 is 4.79 Å². The first-order valence-electron chi connectivity index (χ1n) is 7.53. The molecule has 0 unspecified atom stereocenters. The number of carbonyl (C=O) groups is 1. The van der Waals surface area contributed by atoms with Crippen LogP contribution in [0, 0.1) is 13.8 Å². The fraction of sp³-hybridized carbons (Fsp3) is 0.158. The molecule has 0 atom stereocenters. The van der Waals surface area contributed by atoms with Gasteiger partial charge in [-0.2, -0.15) is 0 Å². The van der Waals surface area contributed by atoms with E-state index in [1.807, 2.05) is 42.5 Å². The molecule has 2 aromatic carbocycles. The second kappa shape index (κ2) is 6.95. The molecule has 0 radical (unpaired) electrons. The van der Waals surface area contributed by atoms with Gasteiger partial charge in [0, 0.05) is 11.5 Å². The maximum absolute atomic E-state index is 12.4. The van der Waals surface area contributed by atoms with Gasteiger partial charge in [0.05, 0.1) is 10.6 Å². The number of carbonyl (C=O) groups excluding carboxylic acids is 1. The Bertz CT molecular complexity index is 856. The Labute approximate surface area is 154 Å². The number of aryl methyl sites for hydroxylation is 2. The summed E-state index contributed by atoms with van der Waals surface area (Å²) in [5, 5.41) is 0.701. The number of rotatable bonds is 2. The highest BCUT2D eigenvalue weighted by atomic mass is 79.9. The second-order valence-electron chi connectivity index (χ2n) is 5.69. The molecule has 0 bridgehead atoms. The standard InChI is InChI=1S/C19H17BrN2OS/c1-12-4-9-16(10-13(12)2)21-19-22(3)18(23)17(24-19)11-14-5-7-15(20)8-6-14/h4-11H,1-3H3/b17-11-,21-19?. The highest BCUT2D eigenvalue weighted by molar-refractivity contribution is 9.10. The molecule has 3 nitrogen and oxygen atoms in total. The number of hydrogen-bond acceptors (Lipinski definition) is 3. The number of amides is 1. The molecule has 5 heteroatoms. The molecule has 0 aromatic heterocycles. The van der Waals surface area contributed by atoms with E-state index in [0.717, 1.165) is 15.7 Å². The topological polar surface area (TPSA) is 32.7 Å². The molecule has 24 heavy (non-hydrogen) atoms. The Kier molecular flexibility index (Phi) is 4.92. The van der Waals surface area contributed by atoms with E-state index in [1.54, 1.807) is 11.9 Å². The molecular formula is C19H17BrN2OS. The Morgan fingerprint density at radius 3 is 2.46 bits per heavy atom. The number of aliphatic imine (C=N–C) groups is 1. The van der Waals surface area contributed by atoms with Crippen molar-refractivity contribution in [3.8, 4) is 0 Å². The van der Waals surface area contributed by atoms with Gasteiger partial charge in [0.2, 0.25) is 0 Å². The van der Waals surface area contributed by atoms with Crippen LogP contribution in [0.4, 0.5) is 5.69 Å². The van der Waals surface area contributed by atoms with Crippen LogP contribution < -0.4 is 0 Å². The summed E-state index contributed by atoms with van der Waals surface area (Å²) in [6.07, 6.45) is 1.90. The van der Waals surface area contributed by atoms with Gasteiger partial charge in [0.1, 0.15) is 0 Å². The first-order valence-corrected chi connectivity index (χ1v) is 9.14. The van der Waals surface area contributed by atoms with Crippen LogP contribution in [0.1, 0.15) is 16.7 Å². The second-order valence-corrected chi connectivity index (χ2v) is 7.61. The third-order valence-corrected chi connectivity index (χ3v) is 5.48. The van der Waals surface area contributed by atoms with Crippen LogP contribution in [0.3, 0.4) is 0 Å². The third kappa shape index (κ3) is 3.62. The van der Waals surface area contributed by atoms with Gasteiger partial charge < -0.3 is 0 Å². The maximum Gasteiger partial charge on any atom is 0.266 e. The maximum atomic E-state index is 12.4. The van der Waals surface area contributed by atoms with E-state index >= 15 is 0 Å². The van der Waals surface area contributed by atoms with Gasteiger partial charge in [0.15, 0.2) is 5.17 Å². The highest BCUT2D eigenvalue weighted by Crippen LogP contribution is 2.33. The van der Waals surface area contributed by atoms with E-state index in [0.29, 0.717) is 10.1 Å². The number of likely N-dealkylation sites (N-methyl/N-ethyl adjacent to an activating group) is 1. The van der Waals surface area contributed by atoms with Crippen LogP contribution in [-0.2, 0) is 4.79 Å². The van der Waals surface area contributed by atoms with Crippen LogP contribution in [0.5, 0.6) is 0 Å². The van der Waals surface area contributed by atoms with Crippen LogP contribution in [0.2, 0.25) is 0 Å². The summed E-state index contributed by atoms with van der Waals surface area (Å²) >= 11 is 4.82. The van der Waals surface area contributed by atoms with Gasteiger partial charge >= 0.3 is 0 Å². The first kappa shape index (κ1) is 17.0. The summed E-state index contributed by atoms with van der Waals surface area (Å²) in [7, 11) is 1.76. The fourth-order valence-corrected chi connectivity index (χ4v) is 3.52. The minimum Gasteiger partial charge on any atom is -0.290 e. The number of nitrogens with zero attached hydrogens (tertiary/aromatic N) is 2. The number of thioether (sulfide) groups is 1. The smallest absolute Gasteiger partial charge is 0.266 e. The molecule has 0 aliphatic carbocycles. The third-order valence-electron chi connectivity index (χ3n) is 3.89. The molecule has 0 saturated carbocycles. The predicted octanol–water partition coefficient (Wildman–Crippen LogP) is 5.30. The van der Waals surface area contributed by atoms with E-state index in [9.17, 15) is 4.79 Å². The molecule has 0 spiro atoms. The largest absolute Gasteiger partial charge is 0.290 e. The van der Waals surface area contributed by atoms with Crippen LogP contribution in [-0.4, -0.2) is 23.0 Å². The Morgan fingerprint density at radius 1 is 1.08 bits per heavy atom. The summed E-state index contributed by atoms with van der Waals surface area (Å²) in [4.78, 5) is 19.4. The molecule has 1 saturated heterocycles. The summed E-state index contributed by atoms with van der Waals surface area (Å²) in [5.74, 6) is -0.0227. The van der Waals surface area contributed by atoms with Crippen molar-refractivity contribution in [1.29, 1.82) is 0 Å². The minimum atomic E-state index is -0.0227. The van der Waals surface area contributed by atoms with Gasteiger partial charge in [-0.3, -0.25) is 9.69 Å². The summed E-state index contributed by atoms with van der Waals surface area (Å²) in [6.45, 7) is 4.14. The summed E-state index contributed by atoms with van der Waals surface area (Å²) < 4.78 is 1.02. The van der Waals surface area contributed by atoms with Crippen molar-refractivity contribution in [2.75, 3.05) is 7.05 Å². The zero-order chi connectivity index (χ0) is 17.3. The Balaban J connectivity index is 1.89. The number of hydrogen-bond donors (Lipinski definition) is 0. The Hall–Kier alpha value is -1.85. The lowest BCUT2D eigenvalue weighted by atomic mass is 10.1. The van der Waals surface area contributed by atoms with Crippen LogP contribution >= 0.6 is 27.7 Å². The average molecular weight is 401 g/mol. The van der Waals surface area contributed by atoms with E-state index < -0.39 is 0 Å². The first-order chi connectivity index (χ1) is 11.4. The van der Waals surface area contributed by atoms with Crippen molar-refractivity contribution in [1.82, 2.24) is 4.90 Å². The molecule has 122 valence electrons. The zero-order valence-electron chi connectivity index (χ0n) is 13.7. The van der Waals surface area contributed by atoms with Gasteiger partial charge in [-0.25, -0.2) is 4.99 Å². The molecule has 1 fully saturated rings. The minimum absolute atomic E-state index is 0.0227. The Morgan fingerprint density at radius 2 is 1.79 bits per heavy atom. The van der Waals surface area contributed by atoms with Crippen molar-refractivity contribution in [2.24, 2.45) is 4.99 Å². The molecule has 0 N–H and O–H groups in total. The van der Waals surface area contributed by atoms with Crippen molar-refractivity contribution >= 4 is 50.5 Å². The van der Waals surface area contributed by atoms with Gasteiger partial charge in [0.25, 0.3) is 5.91 Å². The van der Waals surface area contributed by atoms with E-state index in [2.05, 4.69) is 40.8 Å². The fourth-order valence-electron chi connectivity index (χ4n) is 2.27.